The molecular weight excluding hydrogens is 669 g/mol. The Morgan fingerprint density at radius 3 is 1.30 bits per heavy atom. The monoisotopic (exact) mass is 759 g/mol. The molecule has 0 radical (unpaired) electrons. The van der Waals surface area contributed by atoms with E-state index in [1.165, 1.54) is 141 Å². The standard InChI is InChI=1S/C49H90O5/c1-4-7-10-13-16-19-21-23-24-25-26-28-29-31-33-36-39-42-48(50)53-46-47(45-52-44-41-38-35-18-15-12-9-6-3)54-49(51)43-40-37-34-32-30-27-22-20-17-14-11-8-5-2/h16,19-20,22-24,47H,4-15,17-18,21,25-46H2,1-3H3/b19-16-,22-20-,24-23-. The molecule has 0 fully saturated rings. The number of ether oxygens (including phenoxy) is 3. The highest BCUT2D eigenvalue weighted by Gasteiger charge is 2.17. The van der Waals surface area contributed by atoms with Crippen LogP contribution in [0.4, 0.5) is 0 Å². The molecule has 1 unspecified atom stereocenters. The number of allylic oxidation sites excluding steroid dienone is 6. The van der Waals surface area contributed by atoms with Gasteiger partial charge in [-0.3, -0.25) is 9.59 Å². The molecule has 0 N–H and O–H groups in total. The molecule has 0 amide bonds. The normalized spacial score (nSPS) is 12.4. The number of hydrogen-bond donors (Lipinski definition) is 0. The molecular formula is C49H90O5. The first kappa shape index (κ1) is 52.1. The van der Waals surface area contributed by atoms with Gasteiger partial charge < -0.3 is 14.2 Å². The molecule has 5 heteroatoms. The summed E-state index contributed by atoms with van der Waals surface area (Å²) >= 11 is 0. The van der Waals surface area contributed by atoms with Crippen molar-refractivity contribution < 1.29 is 23.8 Å². The summed E-state index contributed by atoms with van der Waals surface area (Å²) in [5, 5.41) is 0. The maximum atomic E-state index is 12.7. The summed E-state index contributed by atoms with van der Waals surface area (Å²) in [6.07, 6.45) is 52.8. The molecule has 0 saturated carbocycles. The number of unbranched alkanes of at least 4 members (excludes halogenated alkanes) is 26. The largest absolute Gasteiger partial charge is 0.462 e. The maximum Gasteiger partial charge on any atom is 0.306 e. The lowest BCUT2D eigenvalue weighted by atomic mass is 10.1. The van der Waals surface area contributed by atoms with Crippen molar-refractivity contribution in [1.29, 1.82) is 0 Å². The summed E-state index contributed by atoms with van der Waals surface area (Å²) in [7, 11) is 0. The first-order valence-corrected chi connectivity index (χ1v) is 23.5. The van der Waals surface area contributed by atoms with Crippen LogP contribution < -0.4 is 0 Å². The minimum absolute atomic E-state index is 0.0812. The van der Waals surface area contributed by atoms with Gasteiger partial charge in [-0.1, -0.05) is 186 Å². The van der Waals surface area contributed by atoms with Crippen LogP contribution in [-0.4, -0.2) is 37.9 Å². The van der Waals surface area contributed by atoms with Crippen LogP contribution in [0.2, 0.25) is 0 Å². The van der Waals surface area contributed by atoms with Crippen LogP contribution in [-0.2, 0) is 23.8 Å². The first-order valence-electron chi connectivity index (χ1n) is 23.5. The van der Waals surface area contributed by atoms with Gasteiger partial charge in [-0.05, 0) is 77.0 Å². The van der Waals surface area contributed by atoms with E-state index < -0.39 is 6.10 Å². The summed E-state index contributed by atoms with van der Waals surface area (Å²) in [6.45, 7) is 7.77. The number of esters is 2. The maximum absolute atomic E-state index is 12.7. The van der Waals surface area contributed by atoms with Crippen molar-refractivity contribution in [1.82, 2.24) is 0 Å². The predicted molar refractivity (Wildman–Crippen MR) is 233 cm³/mol. The molecule has 0 bridgehead atoms. The van der Waals surface area contributed by atoms with Gasteiger partial charge in [-0.15, -0.1) is 0 Å². The lowest BCUT2D eigenvalue weighted by Crippen LogP contribution is -2.30. The fourth-order valence-electron chi connectivity index (χ4n) is 6.59. The lowest BCUT2D eigenvalue weighted by Gasteiger charge is -2.18. The summed E-state index contributed by atoms with van der Waals surface area (Å²) in [6, 6.07) is 0. The van der Waals surface area contributed by atoms with Gasteiger partial charge in [0.05, 0.1) is 6.61 Å². The van der Waals surface area contributed by atoms with Crippen LogP contribution in [0.25, 0.3) is 0 Å². The third kappa shape index (κ3) is 42.9. The van der Waals surface area contributed by atoms with Gasteiger partial charge in [0.2, 0.25) is 0 Å². The van der Waals surface area contributed by atoms with Crippen LogP contribution in [0, 0.1) is 0 Å². The SMILES string of the molecule is CCCCC/C=C\C/C=C\CCCCCCCCCC(=O)OCC(COCCCCCCCCCC)OC(=O)CCCCCCC/C=C\CCCCCC. The van der Waals surface area contributed by atoms with Crippen molar-refractivity contribution >= 4 is 11.9 Å². The van der Waals surface area contributed by atoms with E-state index in [9.17, 15) is 9.59 Å². The smallest absolute Gasteiger partial charge is 0.306 e. The molecule has 0 aliphatic rings. The zero-order chi connectivity index (χ0) is 39.3. The fourth-order valence-corrected chi connectivity index (χ4v) is 6.59. The quantitative estimate of drug-likeness (QED) is 0.0352. The van der Waals surface area contributed by atoms with Gasteiger partial charge in [-0.2, -0.15) is 0 Å². The molecule has 54 heavy (non-hydrogen) atoms. The molecule has 5 nitrogen and oxygen atoms in total. The predicted octanol–water partition coefficient (Wildman–Crippen LogP) is 15.4. The van der Waals surface area contributed by atoms with E-state index >= 15 is 0 Å². The molecule has 0 aromatic rings. The Kier molecular flexibility index (Phi) is 43.9. The molecule has 1 atom stereocenters. The zero-order valence-electron chi connectivity index (χ0n) is 36.2. The minimum Gasteiger partial charge on any atom is -0.462 e. The van der Waals surface area contributed by atoms with Gasteiger partial charge in [0.15, 0.2) is 6.10 Å². The Balaban J connectivity index is 4.18. The van der Waals surface area contributed by atoms with Crippen LogP contribution in [0.3, 0.4) is 0 Å². The van der Waals surface area contributed by atoms with Crippen molar-refractivity contribution in [3.8, 4) is 0 Å². The van der Waals surface area contributed by atoms with Crippen LogP contribution in [0.5, 0.6) is 0 Å². The van der Waals surface area contributed by atoms with E-state index in [0.29, 0.717) is 19.4 Å². The van der Waals surface area contributed by atoms with E-state index in [-0.39, 0.29) is 25.2 Å². The molecule has 0 aromatic carbocycles. The number of rotatable bonds is 43. The average Bonchev–Trinajstić information content (AvgIpc) is 3.17. The van der Waals surface area contributed by atoms with Gasteiger partial charge >= 0.3 is 11.9 Å². The highest BCUT2D eigenvalue weighted by Crippen LogP contribution is 2.13. The van der Waals surface area contributed by atoms with Gasteiger partial charge in [0, 0.05) is 19.4 Å². The van der Waals surface area contributed by atoms with Crippen LogP contribution in [0.15, 0.2) is 36.5 Å². The molecule has 0 saturated heterocycles. The zero-order valence-corrected chi connectivity index (χ0v) is 36.2. The Morgan fingerprint density at radius 2 is 0.778 bits per heavy atom. The van der Waals surface area contributed by atoms with E-state index in [2.05, 4.69) is 57.2 Å². The van der Waals surface area contributed by atoms with Gasteiger partial charge in [0.25, 0.3) is 0 Å². The summed E-state index contributed by atoms with van der Waals surface area (Å²) < 4.78 is 17.3. The lowest BCUT2D eigenvalue weighted by molar-refractivity contribution is -0.163. The van der Waals surface area contributed by atoms with Crippen molar-refractivity contribution in [3.63, 3.8) is 0 Å². The van der Waals surface area contributed by atoms with E-state index in [0.717, 1.165) is 64.2 Å². The van der Waals surface area contributed by atoms with Crippen molar-refractivity contribution in [2.24, 2.45) is 0 Å². The summed E-state index contributed by atoms with van der Waals surface area (Å²) in [5.41, 5.74) is 0. The Hall–Kier alpha value is -1.88. The molecule has 0 spiro atoms. The molecule has 0 aliphatic heterocycles. The number of hydrogen-bond acceptors (Lipinski definition) is 5. The highest BCUT2D eigenvalue weighted by atomic mass is 16.6. The van der Waals surface area contributed by atoms with Crippen molar-refractivity contribution in [2.45, 2.75) is 245 Å². The number of carbonyl (C=O) groups is 2. The van der Waals surface area contributed by atoms with Gasteiger partial charge in [-0.25, -0.2) is 0 Å². The molecule has 0 heterocycles. The average molecular weight is 759 g/mol. The molecule has 0 rings (SSSR count). The molecule has 0 aromatic heterocycles. The first-order chi connectivity index (χ1) is 26.6. The van der Waals surface area contributed by atoms with E-state index in [4.69, 9.17) is 14.2 Å². The fraction of sp³-hybridized carbons (Fsp3) is 0.837. The highest BCUT2D eigenvalue weighted by molar-refractivity contribution is 5.70. The summed E-state index contributed by atoms with van der Waals surface area (Å²) in [5.74, 6) is -0.410. The second-order valence-corrected chi connectivity index (χ2v) is 15.7. The Bertz CT molecular complexity index is 862. The third-order valence-electron chi connectivity index (χ3n) is 10.1. The van der Waals surface area contributed by atoms with E-state index in [1.54, 1.807) is 0 Å². The summed E-state index contributed by atoms with van der Waals surface area (Å²) in [4.78, 5) is 25.2. The van der Waals surface area contributed by atoms with E-state index in [1.807, 2.05) is 0 Å². The Labute approximate surface area is 336 Å². The van der Waals surface area contributed by atoms with Crippen LogP contribution >= 0.6 is 0 Å². The third-order valence-corrected chi connectivity index (χ3v) is 10.1. The molecule has 316 valence electrons. The second kappa shape index (κ2) is 45.5. The van der Waals surface area contributed by atoms with Crippen molar-refractivity contribution in [2.75, 3.05) is 19.8 Å². The molecule has 0 aliphatic carbocycles. The van der Waals surface area contributed by atoms with Gasteiger partial charge in [0.1, 0.15) is 6.61 Å². The van der Waals surface area contributed by atoms with Crippen molar-refractivity contribution in [3.05, 3.63) is 36.5 Å². The second-order valence-electron chi connectivity index (χ2n) is 15.7. The minimum atomic E-state index is -0.536. The number of carbonyl (C=O) groups excluding carboxylic acids is 2. The van der Waals surface area contributed by atoms with Crippen LogP contribution in [0.1, 0.15) is 239 Å². The topological polar surface area (TPSA) is 61.8 Å². The Morgan fingerprint density at radius 1 is 0.407 bits per heavy atom.